The van der Waals surface area contributed by atoms with Crippen LogP contribution in [0.3, 0.4) is 0 Å². The number of halogens is 1. The van der Waals surface area contributed by atoms with E-state index in [1.54, 1.807) is 7.05 Å². The molecule has 1 saturated carbocycles. The summed E-state index contributed by atoms with van der Waals surface area (Å²) in [7, 11) is 1.64. The second-order valence-corrected chi connectivity index (χ2v) is 7.21. The van der Waals surface area contributed by atoms with Gasteiger partial charge in [-0.2, -0.15) is 0 Å². The van der Waals surface area contributed by atoms with Gasteiger partial charge < -0.3 is 14.9 Å². The number of phenols is 2. The highest BCUT2D eigenvalue weighted by Crippen LogP contribution is 2.44. The molecule has 3 rings (SSSR count). The standard InChI is InChI=1S/C20H22ClNO4/c1-11-7-13-8-12(13)5-3-4-6-14(22-2)9-15-18(20(25)26-11)16(23)10-17(24)19(15)21/h3-6,10-13,23-24H,7-9H2,1-2H3/b5-3-,6-4?,22-14?/t11-,12+,13+/m1/s1. The minimum absolute atomic E-state index is 0.0156. The number of benzene rings is 1. The maximum Gasteiger partial charge on any atom is 0.342 e. The van der Waals surface area contributed by atoms with Gasteiger partial charge in [0.2, 0.25) is 0 Å². The lowest BCUT2D eigenvalue weighted by Crippen LogP contribution is -2.18. The second-order valence-electron chi connectivity index (χ2n) is 6.83. The number of esters is 1. The van der Waals surface area contributed by atoms with Crippen molar-refractivity contribution in [1.29, 1.82) is 0 Å². The van der Waals surface area contributed by atoms with Crippen molar-refractivity contribution in [3.8, 4) is 11.5 Å². The van der Waals surface area contributed by atoms with Crippen molar-refractivity contribution in [3.05, 3.63) is 46.5 Å². The van der Waals surface area contributed by atoms with Crippen molar-refractivity contribution in [2.24, 2.45) is 16.8 Å². The molecule has 0 unspecified atom stereocenters. The number of aliphatic imine (C=N–C) groups is 1. The van der Waals surface area contributed by atoms with Gasteiger partial charge in [-0.1, -0.05) is 29.8 Å². The number of carbonyl (C=O) groups is 1. The molecule has 1 aliphatic carbocycles. The maximum atomic E-state index is 12.7. The highest BCUT2D eigenvalue weighted by atomic mass is 35.5. The van der Waals surface area contributed by atoms with Crippen LogP contribution >= 0.6 is 11.6 Å². The first kappa shape index (κ1) is 18.5. The van der Waals surface area contributed by atoms with Crippen LogP contribution in [0.25, 0.3) is 0 Å². The molecule has 0 saturated heterocycles. The SMILES string of the molecule is CN=C1C=C/C=C\[C@H]2C[C@@H]2C[C@@H](C)OC(=O)c2c(O)cc(O)c(Cl)c2C1. The number of hydrogen-bond donors (Lipinski definition) is 2. The maximum absolute atomic E-state index is 12.7. The lowest BCUT2D eigenvalue weighted by atomic mass is 9.99. The smallest absolute Gasteiger partial charge is 0.342 e. The Bertz CT molecular complexity index is 813. The summed E-state index contributed by atoms with van der Waals surface area (Å²) in [5.74, 6) is -0.269. The van der Waals surface area contributed by atoms with Crippen LogP contribution in [-0.2, 0) is 11.2 Å². The second kappa shape index (κ2) is 7.54. The summed E-state index contributed by atoms with van der Waals surface area (Å²) in [5, 5.41) is 20.2. The third-order valence-electron chi connectivity index (χ3n) is 4.85. The molecule has 26 heavy (non-hydrogen) atoms. The summed E-state index contributed by atoms with van der Waals surface area (Å²) in [5.41, 5.74) is 0.944. The average molecular weight is 376 g/mol. The van der Waals surface area contributed by atoms with Crippen molar-refractivity contribution < 1.29 is 19.7 Å². The summed E-state index contributed by atoms with van der Waals surface area (Å²) in [6, 6.07) is 1.06. The van der Waals surface area contributed by atoms with Gasteiger partial charge in [-0.25, -0.2) is 4.79 Å². The zero-order valence-electron chi connectivity index (χ0n) is 14.8. The topological polar surface area (TPSA) is 79.1 Å². The summed E-state index contributed by atoms with van der Waals surface area (Å²) in [6.07, 6.45) is 9.66. The van der Waals surface area contributed by atoms with E-state index in [1.807, 2.05) is 25.2 Å². The molecule has 2 N–H and O–H groups in total. The molecule has 5 nitrogen and oxygen atoms in total. The number of ether oxygens (including phenoxy) is 1. The highest BCUT2D eigenvalue weighted by molar-refractivity contribution is 6.33. The normalized spacial score (nSPS) is 28.7. The van der Waals surface area contributed by atoms with Crippen LogP contribution < -0.4 is 0 Å². The summed E-state index contributed by atoms with van der Waals surface area (Å²) in [6.45, 7) is 1.85. The molecule has 1 aliphatic heterocycles. The molecule has 0 amide bonds. The first-order valence-electron chi connectivity index (χ1n) is 8.65. The Hall–Kier alpha value is -2.27. The lowest BCUT2D eigenvalue weighted by Gasteiger charge is -2.17. The summed E-state index contributed by atoms with van der Waals surface area (Å²) in [4.78, 5) is 16.9. The molecule has 3 atom stereocenters. The lowest BCUT2D eigenvalue weighted by molar-refractivity contribution is 0.0307. The molecule has 0 aromatic heterocycles. The number of nitrogens with zero attached hydrogens (tertiary/aromatic N) is 1. The van der Waals surface area contributed by atoms with E-state index < -0.39 is 5.97 Å². The van der Waals surface area contributed by atoms with E-state index in [1.165, 1.54) is 0 Å². The van der Waals surface area contributed by atoms with Crippen LogP contribution in [0.4, 0.5) is 0 Å². The van der Waals surface area contributed by atoms with Crippen molar-refractivity contribution in [2.45, 2.75) is 32.3 Å². The Kier molecular flexibility index (Phi) is 5.37. The molecule has 1 heterocycles. The number of carbonyl (C=O) groups excluding carboxylic acids is 1. The highest BCUT2D eigenvalue weighted by Gasteiger charge is 2.36. The van der Waals surface area contributed by atoms with Crippen LogP contribution in [0.15, 0.2) is 35.4 Å². The van der Waals surface area contributed by atoms with Gasteiger partial charge in [0.25, 0.3) is 0 Å². The van der Waals surface area contributed by atoms with Crippen LogP contribution in [-0.4, -0.2) is 35.0 Å². The number of rotatable bonds is 0. The van der Waals surface area contributed by atoms with Gasteiger partial charge in [-0.15, -0.1) is 0 Å². The third kappa shape index (κ3) is 3.93. The Balaban J connectivity index is 2.05. The van der Waals surface area contributed by atoms with Crippen LogP contribution in [0.5, 0.6) is 11.5 Å². The van der Waals surface area contributed by atoms with E-state index in [2.05, 4.69) is 11.1 Å². The number of allylic oxidation sites excluding steroid dienone is 4. The number of cyclic esters (lactones) is 1. The van der Waals surface area contributed by atoms with E-state index >= 15 is 0 Å². The molecule has 0 spiro atoms. The van der Waals surface area contributed by atoms with E-state index in [9.17, 15) is 15.0 Å². The zero-order valence-corrected chi connectivity index (χ0v) is 15.5. The molecule has 0 bridgehead atoms. The Labute approximate surface area is 157 Å². The molecule has 6 heteroatoms. The quantitative estimate of drug-likeness (QED) is 0.670. The van der Waals surface area contributed by atoms with Gasteiger partial charge in [0.15, 0.2) is 0 Å². The van der Waals surface area contributed by atoms with Crippen LogP contribution in [0.2, 0.25) is 5.02 Å². The number of hydrogen-bond acceptors (Lipinski definition) is 5. The van der Waals surface area contributed by atoms with Gasteiger partial charge in [0.05, 0.1) is 11.1 Å². The predicted molar refractivity (Wildman–Crippen MR) is 101 cm³/mol. The summed E-state index contributed by atoms with van der Waals surface area (Å²) >= 11 is 6.23. The van der Waals surface area contributed by atoms with Crippen molar-refractivity contribution >= 4 is 23.3 Å². The molecule has 2 aliphatic rings. The predicted octanol–water partition coefficient (Wildman–Crippen LogP) is 4.06. The molecular formula is C20H22ClNO4. The zero-order chi connectivity index (χ0) is 18.8. The van der Waals surface area contributed by atoms with Gasteiger partial charge in [0.1, 0.15) is 17.1 Å². The minimum atomic E-state index is -0.642. The Morgan fingerprint density at radius 3 is 2.73 bits per heavy atom. The first-order valence-corrected chi connectivity index (χ1v) is 9.03. The van der Waals surface area contributed by atoms with Gasteiger partial charge in [-0.3, -0.25) is 4.99 Å². The largest absolute Gasteiger partial charge is 0.507 e. The third-order valence-corrected chi connectivity index (χ3v) is 5.27. The Morgan fingerprint density at radius 1 is 1.23 bits per heavy atom. The molecule has 1 aromatic rings. The van der Waals surface area contributed by atoms with Crippen LogP contribution in [0, 0.1) is 11.8 Å². The Morgan fingerprint density at radius 2 is 2.00 bits per heavy atom. The fourth-order valence-electron chi connectivity index (χ4n) is 3.34. The number of fused-ring (bicyclic) bond motifs is 2. The van der Waals surface area contributed by atoms with E-state index in [-0.39, 0.29) is 34.6 Å². The van der Waals surface area contributed by atoms with Gasteiger partial charge in [0, 0.05) is 25.2 Å². The van der Waals surface area contributed by atoms with Crippen molar-refractivity contribution in [2.75, 3.05) is 7.05 Å². The van der Waals surface area contributed by atoms with Gasteiger partial charge in [-0.05, 0) is 43.2 Å². The van der Waals surface area contributed by atoms with E-state index in [4.69, 9.17) is 16.3 Å². The van der Waals surface area contributed by atoms with Crippen LogP contribution in [0.1, 0.15) is 35.7 Å². The molecule has 0 radical (unpaired) electrons. The van der Waals surface area contributed by atoms with E-state index in [0.29, 0.717) is 23.1 Å². The van der Waals surface area contributed by atoms with Crippen molar-refractivity contribution in [1.82, 2.24) is 0 Å². The number of phenolic OH excluding ortho intramolecular Hbond substituents is 2. The monoisotopic (exact) mass is 375 g/mol. The molecular weight excluding hydrogens is 354 g/mol. The summed E-state index contributed by atoms with van der Waals surface area (Å²) < 4.78 is 5.54. The first-order chi connectivity index (χ1) is 12.4. The minimum Gasteiger partial charge on any atom is -0.507 e. The fraction of sp³-hybridized carbons (Fsp3) is 0.400. The molecule has 138 valence electrons. The molecule has 1 fully saturated rings. The van der Waals surface area contributed by atoms with E-state index in [0.717, 1.165) is 18.9 Å². The fourth-order valence-corrected chi connectivity index (χ4v) is 3.55. The number of aromatic hydroxyl groups is 2. The van der Waals surface area contributed by atoms with Crippen molar-refractivity contribution in [3.63, 3.8) is 0 Å². The molecule has 1 aromatic carbocycles. The average Bonchev–Trinajstić information content (AvgIpc) is 3.31. The van der Waals surface area contributed by atoms with Gasteiger partial charge >= 0.3 is 5.97 Å².